The Morgan fingerprint density at radius 1 is 1.00 bits per heavy atom. The molecule has 0 aliphatic heterocycles. The number of rotatable bonds is 10. The van der Waals surface area contributed by atoms with Gasteiger partial charge in [0.15, 0.2) is 11.6 Å². The molecule has 0 fully saturated rings. The lowest BCUT2D eigenvalue weighted by molar-refractivity contribution is -0.139. The number of carbonyl (C=O) groups is 4. The minimum Gasteiger partial charge on any atom is -0.507 e. The predicted molar refractivity (Wildman–Crippen MR) is 113 cm³/mol. The first kappa shape index (κ1) is 24.7. The molecule has 0 bridgehead atoms. The lowest BCUT2D eigenvalue weighted by Gasteiger charge is -2.14. The van der Waals surface area contributed by atoms with E-state index in [4.69, 9.17) is 5.11 Å². The summed E-state index contributed by atoms with van der Waals surface area (Å²) < 4.78 is 27.3. The van der Waals surface area contributed by atoms with Gasteiger partial charge in [0.1, 0.15) is 5.75 Å². The van der Waals surface area contributed by atoms with Crippen LogP contribution in [0.15, 0.2) is 47.4 Å². The van der Waals surface area contributed by atoms with Crippen LogP contribution in [0.4, 0.5) is 0 Å². The molecule has 0 spiro atoms. The van der Waals surface area contributed by atoms with Crippen molar-refractivity contribution in [3.8, 4) is 5.75 Å². The van der Waals surface area contributed by atoms with Gasteiger partial charge in [-0.3, -0.25) is 19.2 Å². The van der Waals surface area contributed by atoms with Crippen LogP contribution in [-0.2, 0) is 26.2 Å². The summed E-state index contributed by atoms with van der Waals surface area (Å²) in [5.41, 5.74) is 0.567. The van der Waals surface area contributed by atoms with Crippen LogP contribution in [0.5, 0.6) is 5.75 Å². The molecule has 170 valence electrons. The highest BCUT2D eigenvalue weighted by atomic mass is 32.2. The number of phenolic OH excluding ortho intramolecular Hbond substituents is 1. The summed E-state index contributed by atoms with van der Waals surface area (Å²) in [5.74, 6) is -3.16. The van der Waals surface area contributed by atoms with E-state index in [1.54, 1.807) is 0 Å². The van der Waals surface area contributed by atoms with Gasteiger partial charge in [-0.25, -0.2) is 13.1 Å². The van der Waals surface area contributed by atoms with Crippen LogP contribution in [0.1, 0.15) is 46.5 Å². The van der Waals surface area contributed by atoms with Crippen molar-refractivity contribution in [1.29, 1.82) is 0 Å². The van der Waals surface area contributed by atoms with Crippen LogP contribution in [0.25, 0.3) is 0 Å². The van der Waals surface area contributed by atoms with Crippen LogP contribution in [-0.4, -0.2) is 48.1 Å². The summed E-state index contributed by atoms with van der Waals surface area (Å²) in [4.78, 5) is 45.9. The molecule has 0 radical (unpaired) electrons. The SMILES string of the molecule is CC(=O)c1cc(S(=O)(=O)NCc2ccc(C(=O)N[C@@H](CC(=O)O)C(C)=O)cc2)ccc1O. The van der Waals surface area contributed by atoms with Gasteiger partial charge >= 0.3 is 5.97 Å². The number of carbonyl (C=O) groups excluding carboxylic acids is 3. The number of ketones is 2. The maximum atomic E-state index is 12.5. The normalized spacial score (nSPS) is 12.1. The Kier molecular flexibility index (Phi) is 7.84. The van der Waals surface area contributed by atoms with Gasteiger partial charge in [-0.1, -0.05) is 12.1 Å². The summed E-state index contributed by atoms with van der Waals surface area (Å²) in [6, 6.07) is 8.02. The van der Waals surface area contributed by atoms with E-state index < -0.39 is 45.9 Å². The zero-order valence-electron chi connectivity index (χ0n) is 17.3. The first-order valence-electron chi connectivity index (χ1n) is 9.36. The molecule has 1 amide bonds. The molecule has 0 aliphatic carbocycles. The maximum Gasteiger partial charge on any atom is 0.305 e. The largest absolute Gasteiger partial charge is 0.507 e. The average molecular weight is 462 g/mol. The number of hydrogen-bond acceptors (Lipinski definition) is 7. The Balaban J connectivity index is 2.07. The highest BCUT2D eigenvalue weighted by Crippen LogP contribution is 2.22. The lowest BCUT2D eigenvalue weighted by atomic mass is 10.1. The van der Waals surface area contributed by atoms with E-state index in [-0.39, 0.29) is 28.3 Å². The van der Waals surface area contributed by atoms with Crippen molar-refractivity contribution >= 4 is 33.5 Å². The molecule has 11 heteroatoms. The van der Waals surface area contributed by atoms with E-state index in [1.807, 2.05) is 0 Å². The van der Waals surface area contributed by atoms with Crippen LogP contribution < -0.4 is 10.0 Å². The Bertz CT molecular complexity index is 1160. The number of aromatic hydroxyl groups is 1. The van der Waals surface area contributed by atoms with Gasteiger partial charge in [-0.05, 0) is 49.7 Å². The topological polar surface area (TPSA) is 167 Å². The van der Waals surface area contributed by atoms with E-state index in [1.165, 1.54) is 44.2 Å². The second kappa shape index (κ2) is 10.2. The van der Waals surface area contributed by atoms with Gasteiger partial charge in [-0.15, -0.1) is 0 Å². The molecular weight excluding hydrogens is 440 g/mol. The zero-order valence-corrected chi connectivity index (χ0v) is 18.1. The fraction of sp³-hybridized carbons (Fsp3) is 0.238. The number of amides is 1. The molecule has 2 aromatic rings. The van der Waals surface area contributed by atoms with Gasteiger partial charge in [0.05, 0.1) is 22.9 Å². The van der Waals surface area contributed by atoms with E-state index in [0.29, 0.717) is 5.56 Å². The first-order valence-corrected chi connectivity index (χ1v) is 10.8. The molecule has 0 saturated heterocycles. The highest BCUT2D eigenvalue weighted by Gasteiger charge is 2.21. The van der Waals surface area contributed by atoms with Crippen LogP contribution in [0, 0.1) is 0 Å². The Hall–Kier alpha value is -3.57. The number of nitrogens with one attached hydrogen (secondary N) is 2. The zero-order chi connectivity index (χ0) is 24.1. The van der Waals surface area contributed by atoms with Gasteiger partial charge in [0.25, 0.3) is 5.91 Å². The number of carboxylic acid groups (broad SMARTS) is 1. The molecule has 32 heavy (non-hydrogen) atoms. The lowest BCUT2D eigenvalue weighted by Crippen LogP contribution is -2.41. The van der Waals surface area contributed by atoms with Crippen molar-refractivity contribution in [3.63, 3.8) is 0 Å². The summed E-state index contributed by atoms with van der Waals surface area (Å²) in [6.45, 7) is 2.27. The molecule has 2 rings (SSSR count). The molecule has 0 heterocycles. The third-order valence-corrected chi connectivity index (χ3v) is 5.91. The smallest absolute Gasteiger partial charge is 0.305 e. The number of benzene rings is 2. The second-order valence-electron chi connectivity index (χ2n) is 6.99. The number of sulfonamides is 1. The quantitative estimate of drug-likeness (QED) is 0.383. The second-order valence-corrected chi connectivity index (χ2v) is 8.76. The molecule has 10 nitrogen and oxygen atoms in total. The standard InChI is InChI=1S/C21H22N2O8S/c1-12(24)17-9-16(7-8-19(17)26)32(30,31)22-11-14-3-5-15(6-4-14)21(29)23-18(13(2)25)10-20(27)28/h3-9,18,22,26H,10-11H2,1-2H3,(H,23,29)(H,27,28)/t18-/m0/s1. The summed E-state index contributed by atoms with van der Waals surface area (Å²) >= 11 is 0. The van der Waals surface area contributed by atoms with Crippen molar-refractivity contribution in [1.82, 2.24) is 10.0 Å². The minimum atomic E-state index is -3.98. The molecule has 1 atom stereocenters. The molecular formula is C21H22N2O8S. The summed E-state index contributed by atoms with van der Waals surface area (Å²) in [6.07, 6.45) is -0.538. The van der Waals surface area contributed by atoms with Crippen LogP contribution in [0.3, 0.4) is 0 Å². The van der Waals surface area contributed by atoms with Crippen molar-refractivity contribution in [2.24, 2.45) is 0 Å². The monoisotopic (exact) mass is 462 g/mol. The fourth-order valence-electron chi connectivity index (χ4n) is 2.71. The number of carboxylic acids is 1. The number of hydrogen-bond donors (Lipinski definition) is 4. The average Bonchev–Trinajstić information content (AvgIpc) is 2.71. The van der Waals surface area contributed by atoms with E-state index in [9.17, 15) is 32.7 Å². The van der Waals surface area contributed by atoms with Gasteiger partial charge in [-0.2, -0.15) is 0 Å². The maximum absolute atomic E-state index is 12.5. The van der Waals surface area contributed by atoms with E-state index >= 15 is 0 Å². The molecule has 2 aromatic carbocycles. The molecule has 0 aromatic heterocycles. The Morgan fingerprint density at radius 2 is 1.62 bits per heavy atom. The third-order valence-electron chi connectivity index (χ3n) is 4.51. The van der Waals surface area contributed by atoms with Crippen molar-refractivity contribution in [2.45, 2.75) is 37.8 Å². The number of Topliss-reactive ketones (excluding diaryl/α,β-unsaturated/α-hetero) is 2. The Morgan fingerprint density at radius 3 is 2.16 bits per heavy atom. The molecule has 0 unspecified atom stereocenters. The van der Waals surface area contributed by atoms with Crippen molar-refractivity contribution < 1.29 is 37.8 Å². The Labute approximate surface area is 184 Å². The van der Waals surface area contributed by atoms with Crippen molar-refractivity contribution in [3.05, 3.63) is 59.2 Å². The molecule has 0 saturated carbocycles. The van der Waals surface area contributed by atoms with E-state index in [0.717, 1.165) is 12.1 Å². The van der Waals surface area contributed by atoms with E-state index in [2.05, 4.69) is 10.0 Å². The summed E-state index contributed by atoms with van der Waals surface area (Å²) in [7, 11) is -3.98. The molecule has 0 aliphatic rings. The first-order chi connectivity index (χ1) is 14.9. The fourth-order valence-corrected chi connectivity index (χ4v) is 3.76. The van der Waals surface area contributed by atoms with Crippen molar-refractivity contribution in [2.75, 3.05) is 0 Å². The minimum absolute atomic E-state index is 0.115. The highest BCUT2D eigenvalue weighted by molar-refractivity contribution is 7.89. The number of aliphatic carboxylic acids is 1. The predicted octanol–water partition coefficient (Wildman–Crippen LogP) is 1.24. The molecule has 4 N–H and O–H groups in total. The van der Waals surface area contributed by atoms with Gasteiger partial charge in [0, 0.05) is 12.1 Å². The van der Waals surface area contributed by atoms with Crippen LogP contribution >= 0.6 is 0 Å². The van der Waals surface area contributed by atoms with Crippen LogP contribution in [0.2, 0.25) is 0 Å². The van der Waals surface area contributed by atoms with Gasteiger partial charge < -0.3 is 15.5 Å². The number of phenols is 1. The summed E-state index contributed by atoms with van der Waals surface area (Å²) in [5, 5.41) is 20.8. The van der Waals surface area contributed by atoms with Gasteiger partial charge in [0.2, 0.25) is 10.0 Å². The third kappa shape index (κ3) is 6.46.